The molecule has 0 amide bonds. The van der Waals surface area contributed by atoms with Gasteiger partial charge in [-0.25, -0.2) is 0 Å². The summed E-state index contributed by atoms with van der Waals surface area (Å²) in [5.41, 5.74) is 2.07. The van der Waals surface area contributed by atoms with Gasteiger partial charge in [0.05, 0.1) is 0 Å². The molecule has 27 heavy (non-hydrogen) atoms. The molecule has 0 atom stereocenters. The third kappa shape index (κ3) is 4.38. The Hall–Kier alpha value is -2.63. The maximum atomic E-state index is 4.83. The number of anilines is 4. The third-order valence-electron chi connectivity index (χ3n) is 5.29. The molecule has 0 aliphatic carbocycles. The SMILES string of the molecule is C=Cc1ccc(Nc2nc(N3CCCCC3)nc(N3CCCCC3)n2)cc1. The minimum Gasteiger partial charge on any atom is -0.341 e. The predicted octanol–water partition coefficient (Wildman–Crippen LogP) is 4.24. The van der Waals surface area contributed by atoms with Crippen LogP contribution in [-0.2, 0) is 0 Å². The third-order valence-corrected chi connectivity index (χ3v) is 5.29. The van der Waals surface area contributed by atoms with Crippen molar-refractivity contribution in [2.45, 2.75) is 38.5 Å². The number of benzene rings is 1. The van der Waals surface area contributed by atoms with Gasteiger partial charge in [0.15, 0.2) is 0 Å². The summed E-state index contributed by atoms with van der Waals surface area (Å²) in [6, 6.07) is 8.13. The van der Waals surface area contributed by atoms with Gasteiger partial charge in [0.1, 0.15) is 0 Å². The lowest BCUT2D eigenvalue weighted by Gasteiger charge is -2.30. The zero-order valence-corrected chi connectivity index (χ0v) is 15.9. The van der Waals surface area contributed by atoms with Crippen LogP contribution in [0.15, 0.2) is 30.8 Å². The van der Waals surface area contributed by atoms with Gasteiger partial charge in [-0.2, -0.15) is 15.0 Å². The highest BCUT2D eigenvalue weighted by Crippen LogP contribution is 2.24. The standard InChI is InChI=1S/C21H28N6/c1-2-17-9-11-18(12-10-17)22-19-23-20(26-13-5-3-6-14-26)25-21(24-19)27-15-7-4-8-16-27/h2,9-12H,1,3-8,13-16H2,(H,22,23,24,25). The summed E-state index contributed by atoms with van der Waals surface area (Å²) in [5, 5.41) is 3.36. The van der Waals surface area contributed by atoms with Crippen molar-refractivity contribution < 1.29 is 0 Å². The van der Waals surface area contributed by atoms with Crippen LogP contribution in [0.25, 0.3) is 6.08 Å². The molecular formula is C21H28N6. The molecule has 1 N–H and O–H groups in total. The molecule has 2 aromatic rings. The summed E-state index contributed by atoms with van der Waals surface area (Å²) < 4.78 is 0. The Balaban J connectivity index is 1.62. The number of nitrogens with zero attached hydrogens (tertiary/aromatic N) is 5. The average molecular weight is 364 g/mol. The van der Waals surface area contributed by atoms with E-state index in [1.165, 1.54) is 38.5 Å². The Kier molecular flexibility index (Phi) is 5.51. The highest BCUT2D eigenvalue weighted by atomic mass is 15.4. The van der Waals surface area contributed by atoms with Crippen LogP contribution in [0.5, 0.6) is 0 Å². The molecule has 142 valence electrons. The van der Waals surface area contributed by atoms with Gasteiger partial charge in [-0.1, -0.05) is 24.8 Å². The van der Waals surface area contributed by atoms with Crippen LogP contribution in [0.3, 0.4) is 0 Å². The fraction of sp³-hybridized carbons (Fsp3) is 0.476. The molecule has 2 fully saturated rings. The van der Waals surface area contributed by atoms with Gasteiger partial charge in [-0.05, 0) is 56.2 Å². The predicted molar refractivity (Wildman–Crippen MR) is 112 cm³/mol. The van der Waals surface area contributed by atoms with Crippen LogP contribution in [0.2, 0.25) is 0 Å². The molecule has 1 aromatic heterocycles. The molecule has 4 rings (SSSR count). The van der Waals surface area contributed by atoms with Crippen LogP contribution in [0.4, 0.5) is 23.5 Å². The van der Waals surface area contributed by atoms with Crippen LogP contribution < -0.4 is 15.1 Å². The summed E-state index contributed by atoms with van der Waals surface area (Å²) in [4.78, 5) is 18.9. The van der Waals surface area contributed by atoms with E-state index in [1.807, 2.05) is 30.3 Å². The Labute approximate surface area is 161 Å². The van der Waals surface area contributed by atoms with Crippen LogP contribution in [0.1, 0.15) is 44.1 Å². The fourth-order valence-corrected chi connectivity index (χ4v) is 3.71. The van der Waals surface area contributed by atoms with Gasteiger partial charge in [0, 0.05) is 31.9 Å². The van der Waals surface area contributed by atoms with E-state index in [0.717, 1.165) is 49.3 Å². The van der Waals surface area contributed by atoms with Crippen molar-refractivity contribution in [2.24, 2.45) is 0 Å². The molecule has 2 aliphatic rings. The first-order valence-electron chi connectivity index (χ1n) is 10.1. The van der Waals surface area contributed by atoms with Crippen molar-refractivity contribution in [2.75, 3.05) is 41.3 Å². The van der Waals surface area contributed by atoms with Crippen molar-refractivity contribution >= 4 is 29.6 Å². The second-order valence-electron chi connectivity index (χ2n) is 7.31. The second-order valence-corrected chi connectivity index (χ2v) is 7.31. The number of piperidine rings is 2. The lowest BCUT2D eigenvalue weighted by Crippen LogP contribution is -2.34. The van der Waals surface area contributed by atoms with Crippen LogP contribution >= 0.6 is 0 Å². The summed E-state index contributed by atoms with van der Waals surface area (Å²) in [6.07, 6.45) is 9.25. The molecule has 2 aliphatic heterocycles. The number of hydrogen-bond acceptors (Lipinski definition) is 6. The van der Waals surface area contributed by atoms with E-state index < -0.39 is 0 Å². The fourth-order valence-electron chi connectivity index (χ4n) is 3.71. The molecule has 1 aromatic carbocycles. The van der Waals surface area contributed by atoms with Gasteiger partial charge in [0.25, 0.3) is 0 Å². The minimum absolute atomic E-state index is 0.623. The first-order valence-corrected chi connectivity index (χ1v) is 10.1. The smallest absolute Gasteiger partial charge is 0.233 e. The van der Waals surface area contributed by atoms with Crippen LogP contribution in [-0.4, -0.2) is 41.1 Å². The van der Waals surface area contributed by atoms with E-state index in [9.17, 15) is 0 Å². The lowest BCUT2D eigenvalue weighted by molar-refractivity contribution is 0.556. The number of rotatable bonds is 5. The molecule has 6 nitrogen and oxygen atoms in total. The first-order chi connectivity index (χ1) is 13.3. The van der Waals surface area contributed by atoms with Crippen LogP contribution in [0, 0.1) is 0 Å². The van der Waals surface area contributed by atoms with Crippen molar-refractivity contribution in [3.8, 4) is 0 Å². The van der Waals surface area contributed by atoms with Gasteiger partial charge in [0.2, 0.25) is 17.8 Å². The summed E-state index contributed by atoms with van der Waals surface area (Å²) in [5.74, 6) is 2.23. The normalized spacial score (nSPS) is 17.6. The topological polar surface area (TPSA) is 57.2 Å². The molecule has 0 spiro atoms. The van der Waals surface area contributed by atoms with Crippen molar-refractivity contribution in [3.05, 3.63) is 36.4 Å². The summed E-state index contributed by atoms with van der Waals surface area (Å²) in [7, 11) is 0. The van der Waals surface area contributed by atoms with E-state index in [4.69, 9.17) is 15.0 Å². The Morgan fingerprint density at radius 1 is 0.741 bits per heavy atom. The van der Waals surface area contributed by atoms with Crippen molar-refractivity contribution in [1.29, 1.82) is 0 Å². The zero-order valence-electron chi connectivity index (χ0n) is 15.9. The van der Waals surface area contributed by atoms with Gasteiger partial charge >= 0.3 is 0 Å². The molecule has 3 heterocycles. The van der Waals surface area contributed by atoms with E-state index >= 15 is 0 Å². The Morgan fingerprint density at radius 3 is 1.74 bits per heavy atom. The number of hydrogen-bond donors (Lipinski definition) is 1. The lowest BCUT2D eigenvalue weighted by atomic mass is 10.1. The summed E-state index contributed by atoms with van der Waals surface area (Å²) >= 11 is 0. The Morgan fingerprint density at radius 2 is 1.26 bits per heavy atom. The largest absolute Gasteiger partial charge is 0.341 e. The van der Waals surface area contributed by atoms with Crippen molar-refractivity contribution in [1.82, 2.24) is 15.0 Å². The van der Waals surface area contributed by atoms with Gasteiger partial charge in [-0.3, -0.25) is 0 Å². The Bertz CT molecular complexity index is 724. The molecule has 0 unspecified atom stereocenters. The van der Waals surface area contributed by atoms with E-state index in [-0.39, 0.29) is 0 Å². The maximum Gasteiger partial charge on any atom is 0.233 e. The minimum atomic E-state index is 0.623. The van der Waals surface area contributed by atoms with Crippen molar-refractivity contribution in [3.63, 3.8) is 0 Å². The maximum absolute atomic E-state index is 4.83. The second kappa shape index (κ2) is 8.37. The zero-order chi connectivity index (χ0) is 18.5. The molecule has 0 saturated carbocycles. The van der Waals surface area contributed by atoms with E-state index in [2.05, 4.69) is 21.7 Å². The quantitative estimate of drug-likeness (QED) is 0.856. The van der Waals surface area contributed by atoms with E-state index in [1.54, 1.807) is 0 Å². The highest BCUT2D eigenvalue weighted by Gasteiger charge is 2.20. The number of nitrogens with one attached hydrogen (secondary N) is 1. The molecular weight excluding hydrogens is 336 g/mol. The monoisotopic (exact) mass is 364 g/mol. The van der Waals surface area contributed by atoms with Gasteiger partial charge < -0.3 is 15.1 Å². The molecule has 0 bridgehead atoms. The molecule has 0 radical (unpaired) electrons. The first kappa shape index (κ1) is 17.8. The number of aromatic nitrogens is 3. The average Bonchev–Trinajstić information content (AvgIpc) is 2.75. The summed E-state index contributed by atoms with van der Waals surface area (Å²) in [6.45, 7) is 7.91. The van der Waals surface area contributed by atoms with Gasteiger partial charge in [-0.15, -0.1) is 0 Å². The molecule has 2 saturated heterocycles. The van der Waals surface area contributed by atoms with E-state index in [0.29, 0.717) is 5.95 Å². The highest BCUT2D eigenvalue weighted by molar-refractivity contribution is 5.59. The molecule has 6 heteroatoms.